The van der Waals surface area contributed by atoms with Crippen molar-refractivity contribution in [3.8, 4) is 17.0 Å². The summed E-state index contributed by atoms with van der Waals surface area (Å²) in [5.74, 6) is 1.68. The minimum atomic E-state index is 0.335. The minimum absolute atomic E-state index is 0.335. The largest absolute Gasteiger partial charge is 0.496 e. The summed E-state index contributed by atoms with van der Waals surface area (Å²) in [5, 5.41) is 4.31. The molecule has 5 heteroatoms. The molecule has 0 atom stereocenters. The molecule has 0 amide bonds. The van der Waals surface area contributed by atoms with E-state index in [1.54, 1.807) is 11.6 Å². The van der Waals surface area contributed by atoms with Gasteiger partial charge in [-0.1, -0.05) is 26.0 Å². The number of methoxy groups -OCH3 is 1. The van der Waals surface area contributed by atoms with E-state index in [0.717, 1.165) is 28.2 Å². The van der Waals surface area contributed by atoms with Gasteiger partial charge in [-0.15, -0.1) is 0 Å². The van der Waals surface area contributed by atoms with Crippen molar-refractivity contribution in [2.24, 2.45) is 0 Å². The van der Waals surface area contributed by atoms with Crippen LogP contribution in [0.15, 0.2) is 36.5 Å². The molecule has 5 nitrogen and oxygen atoms in total. The maximum Gasteiger partial charge on any atom is 0.161 e. The lowest BCUT2D eigenvalue weighted by atomic mass is 10.1. The lowest BCUT2D eigenvalue weighted by Crippen LogP contribution is -2.02. The van der Waals surface area contributed by atoms with Crippen molar-refractivity contribution in [2.45, 2.75) is 19.8 Å². The van der Waals surface area contributed by atoms with E-state index in [1.807, 2.05) is 36.5 Å². The highest BCUT2D eigenvalue weighted by molar-refractivity contribution is 5.72. The smallest absolute Gasteiger partial charge is 0.161 e. The molecule has 0 bridgehead atoms. The van der Waals surface area contributed by atoms with Gasteiger partial charge in [0.15, 0.2) is 5.65 Å². The van der Waals surface area contributed by atoms with Crippen LogP contribution < -0.4 is 10.5 Å². The van der Waals surface area contributed by atoms with Crippen LogP contribution in [0.3, 0.4) is 0 Å². The average molecular weight is 282 g/mol. The number of fused-ring (bicyclic) bond motifs is 1. The Morgan fingerprint density at radius 2 is 2.00 bits per heavy atom. The van der Waals surface area contributed by atoms with E-state index in [1.165, 1.54) is 0 Å². The zero-order valence-electron chi connectivity index (χ0n) is 12.4. The van der Waals surface area contributed by atoms with Crippen LogP contribution in [-0.4, -0.2) is 21.7 Å². The molecule has 0 saturated carbocycles. The Morgan fingerprint density at radius 3 is 2.71 bits per heavy atom. The van der Waals surface area contributed by atoms with Gasteiger partial charge in [0.1, 0.15) is 11.6 Å². The molecule has 2 aromatic heterocycles. The van der Waals surface area contributed by atoms with E-state index >= 15 is 0 Å². The van der Waals surface area contributed by atoms with Crippen LogP contribution in [0.2, 0.25) is 0 Å². The Labute approximate surface area is 123 Å². The van der Waals surface area contributed by atoms with Gasteiger partial charge in [-0.2, -0.15) is 9.61 Å². The fourth-order valence-electron chi connectivity index (χ4n) is 2.40. The number of benzene rings is 1. The SMILES string of the molecule is COc1ccccc1-c1cc(N)n2ncc(C(C)C)c2n1. The van der Waals surface area contributed by atoms with E-state index < -0.39 is 0 Å². The van der Waals surface area contributed by atoms with E-state index in [0.29, 0.717) is 11.7 Å². The highest BCUT2D eigenvalue weighted by Crippen LogP contribution is 2.31. The molecule has 2 heterocycles. The summed E-state index contributed by atoms with van der Waals surface area (Å²) in [5.41, 5.74) is 9.71. The van der Waals surface area contributed by atoms with Gasteiger partial charge in [-0.05, 0) is 18.1 Å². The molecular formula is C16H18N4O. The fraction of sp³-hybridized carbons (Fsp3) is 0.250. The van der Waals surface area contributed by atoms with Gasteiger partial charge in [0.25, 0.3) is 0 Å². The Hall–Kier alpha value is -2.56. The number of para-hydroxylation sites is 1. The Kier molecular flexibility index (Phi) is 3.25. The van der Waals surface area contributed by atoms with E-state index in [9.17, 15) is 0 Å². The first-order chi connectivity index (χ1) is 10.1. The molecule has 0 unspecified atom stereocenters. The van der Waals surface area contributed by atoms with Crippen LogP contribution in [0.4, 0.5) is 5.82 Å². The molecule has 0 spiro atoms. The lowest BCUT2D eigenvalue weighted by Gasteiger charge is -2.10. The van der Waals surface area contributed by atoms with Crippen LogP contribution >= 0.6 is 0 Å². The van der Waals surface area contributed by atoms with Crippen molar-refractivity contribution in [3.63, 3.8) is 0 Å². The first kappa shape index (κ1) is 13.4. The summed E-state index contributed by atoms with van der Waals surface area (Å²) in [6.45, 7) is 4.23. The Balaban J connectivity index is 2.26. The number of nitrogens with two attached hydrogens (primary N) is 1. The number of nitrogen functional groups attached to an aromatic ring is 1. The second-order valence-electron chi connectivity index (χ2n) is 5.26. The first-order valence-electron chi connectivity index (χ1n) is 6.89. The molecule has 21 heavy (non-hydrogen) atoms. The lowest BCUT2D eigenvalue weighted by molar-refractivity contribution is 0.416. The summed E-state index contributed by atoms with van der Waals surface area (Å²) in [7, 11) is 1.65. The van der Waals surface area contributed by atoms with Crippen LogP contribution in [0.25, 0.3) is 16.9 Å². The highest BCUT2D eigenvalue weighted by atomic mass is 16.5. The predicted molar refractivity (Wildman–Crippen MR) is 83.5 cm³/mol. The molecule has 0 fully saturated rings. The summed E-state index contributed by atoms with van der Waals surface area (Å²) in [6, 6.07) is 9.60. The third-order valence-corrected chi connectivity index (χ3v) is 3.53. The van der Waals surface area contributed by atoms with Crippen LogP contribution in [0, 0.1) is 0 Å². The molecule has 3 rings (SSSR count). The van der Waals surface area contributed by atoms with Gasteiger partial charge in [-0.3, -0.25) is 0 Å². The zero-order valence-corrected chi connectivity index (χ0v) is 12.4. The first-order valence-corrected chi connectivity index (χ1v) is 6.89. The van der Waals surface area contributed by atoms with Crippen molar-refractivity contribution in [2.75, 3.05) is 12.8 Å². The van der Waals surface area contributed by atoms with E-state index in [-0.39, 0.29) is 0 Å². The summed E-state index contributed by atoms with van der Waals surface area (Å²) < 4.78 is 7.08. The number of anilines is 1. The maximum absolute atomic E-state index is 6.12. The van der Waals surface area contributed by atoms with Crippen molar-refractivity contribution in [1.29, 1.82) is 0 Å². The van der Waals surface area contributed by atoms with Gasteiger partial charge in [0.2, 0.25) is 0 Å². The van der Waals surface area contributed by atoms with Gasteiger partial charge < -0.3 is 10.5 Å². The van der Waals surface area contributed by atoms with Crippen LogP contribution in [0.5, 0.6) is 5.75 Å². The van der Waals surface area contributed by atoms with E-state index in [4.69, 9.17) is 15.5 Å². The molecular weight excluding hydrogens is 264 g/mol. The third-order valence-electron chi connectivity index (χ3n) is 3.53. The fourth-order valence-corrected chi connectivity index (χ4v) is 2.40. The summed E-state index contributed by atoms with van der Waals surface area (Å²) in [6.07, 6.45) is 1.83. The molecule has 0 aliphatic rings. The Bertz CT molecular complexity index is 792. The normalized spacial score (nSPS) is 11.2. The van der Waals surface area contributed by atoms with Crippen LogP contribution in [0.1, 0.15) is 25.3 Å². The second kappa shape index (κ2) is 5.09. The molecule has 108 valence electrons. The zero-order chi connectivity index (χ0) is 15.0. The van der Waals surface area contributed by atoms with Crippen molar-refractivity contribution < 1.29 is 4.74 Å². The van der Waals surface area contributed by atoms with Crippen molar-refractivity contribution in [1.82, 2.24) is 14.6 Å². The maximum atomic E-state index is 6.12. The monoisotopic (exact) mass is 282 g/mol. The number of hydrogen-bond donors (Lipinski definition) is 1. The van der Waals surface area contributed by atoms with Crippen molar-refractivity contribution in [3.05, 3.63) is 42.1 Å². The average Bonchev–Trinajstić information content (AvgIpc) is 2.91. The summed E-state index contributed by atoms with van der Waals surface area (Å²) in [4.78, 5) is 4.74. The topological polar surface area (TPSA) is 65.4 Å². The van der Waals surface area contributed by atoms with Crippen molar-refractivity contribution >= 4 is 11.5 Å². The van der Waals surface area contributed by atoms with Gasteiger partial charge in [0, 0.05) is 17.2 Å². The number of hydrogen-bond acceptors (Lipinski definition) is 4. The minimum Gasteiger partial charge on any atom is -0.496 e. The van der Waals surface area contributed by atoms with Gasteiger partial charge in [-0.25, -0.2) is 4.98 Å². The van der Waals surface area contributed by atoms with Gasteiger partial charge in [0.05, 0.1) is 19.0 Å². The Morgan fingerprint density at radius 1 is 1.24 bits per heavy atom. The standard InChI is InChI=1S/C16H18N4O/c1-10(2)12-9-18-20-15(17)8-13(19-16(12)20)11-6-4-5-7-14(11)21-3/h4-10H,17H2,1-3H3. The number of nitrogens with zero attached hydrogens (tertiary/aromatic N) is 3. The number of rotatable bonds is 3. The number of aromatic nitrogens is 3. The predicted octanol–water partition coefficient (Wildman–Crippen LogP) is 3.11. The highest BCUT2D eigenvalue weighted by Gasteiger charge is 2.14. The number of ether oxygens (including phenoxy) is 1. The molecule has 0 saturated heterocycles. The molecule has 1 aromatic carbocycles. The van der Waals surface area contributed by atoms with Gasteiger partial charge >= 0.3 is 0 Å². The molecule has 0 radical (unpaired) electrons. The molecule has 2 N–H and O–H groups in total. The molecule has 3 aromatic rings. The quantitative estimate of drug-likeness (QED) is 0.801. The molecule has 0 aliphatic carbocycles. The van der Waals surface area contributed by atoms with E-state index in [2.05, 4.69) is 18.9 Å². The van der Waals surface area contributed by atoms with Crippen LogP contribution in [-0.2, 0) is 0 Å². The third kappa shape index (κ3) is 2.20. The summed E-state index contributed by atoms with van der Waals surface area (Å²) >= 11 is 0. The molecule has 0 aliphatic heterocycles. The second-order valence-corrected chi connectivity index (χ2v) is 5.26.